The van der Waals surface area contributed by atoms with Crippen LogP contribution in [0.3, 0.4) is 0 Å². The second-order valence-electron chi connectivity index (χ2n) is 7.31. The number of para-hydroxylation sites is 1. The number of carbonyl (C=O) groups is 3. The number of halogens is 2. The number of urea groups is 1. The van der Waals surface area contributed by atoms with E-state index in [2.05, 4.69) is 15.4 Å². The number of carbonyl (C=O) groups excluding carboxylic acids is 3. The van der Waals surface area contributed by atoms with Gasteiger partial charge in [0.2, 0.25) is 5.88 Å². The highest BCUT2D eigenvalue weighted by Crippen LogP contribution is 2.41. The number of amides is 2. The highest BCUT2D eigenvalue weighted by molar-refractivity contribution is 6.00. The van der Waals surface area contributed by atoms with Crippen LogP contribution in [0.4, 0.5) is 25.0 Å². The minimum Gasteiger partial charge on any atom is -0.469 e. The Morgan fingerprint density at radius 3 is 2.36 bits per heavy atom. The summed E-state index contributed by atoms with van der Waals surface area (Å²) in [6.07, 6.45) is -0.467. The van der Waals surface area contributed by atoms with Crippen LogP contribution in [0.25, 0.3) is 0 Å². The molecule has 0 saturated heterocycles. The number of nitrogens with zero attached hydrogens (tertiary/aromatic N) is 1. The average molecular weight is 498 g/mol. The molecule has 36 heavy (non-hydrogen) atoms. The first kappa shape index (κ1) is 25.7. The summed E-state index contributed by atoms with van der Waals surface area (Å²) in [5.74, 6) is -5.17. The molecular formula is C24H20F2N4O6. The van der Waals surface area contributed by atoms with Gasteiger partial charge in [0.25, 0.3) is 0 Å². The molecule has 4 N–H and O–H groups in total. The maximum Gasteiger partial charge on any atom is 0.338 e. The molecule has 0 bridgehead atoms. The van der Waals surface area contributed by atoms with Crippen molar-refractivity contribution >= 4 is 29.3 Å². The van der Waals surface area contributed by atoms with Crippen molar-refractivity contribution in [2.75, 3.05) is 24.9 Å². The third kappa shape index (κ3) is 5.41. The standard InChI is InChI=1S/C24H20F2N4O6/c1-34-18(31)10-17-20(23(32)35-2)19(14(11-27)22(28)36-17)12-5-3-6-13(9-12)29-24(33)30-21-15(25)7-4-8-16(21)26/h3-9,19H,10,28H2,1-2H3,(H2,29,30,33). The minimum absolute atomic E-state index is 0.140. The Balaban J connectivity index is 2.00. The Morgan fingerprint density at radius 2 is 1.75 bits per heavy atom. The molecule has 0 spiro atoms. The van der Waals surface area contributed by atoms with Crippen LogP contribution in [0.2, 0.25) is 0 Å². The largest absolute Gasteiger partial charge is 0.469 e. The van der Waals surface area contributed by atoms with E-state index in [4.69, 9.17) is 15.2 Å². The molecular weight excluding hydrogens is 478 g/mol. The Kier molecular flexibility index (Phi) is 7.85. The van der Waals surface area contributed by atoms with E-state index in [0.717, 1.165) is 32.4 Å². The van der Waals surface area contributed by atoms with E-state index in [1.54, 1.807) is 6.07 Å². The number of anilines is 2. The van der Waals surface area contributed by atoms with Crippen molar-refractivity contribution in [2.45, 2.75) is 12.3 Å². The summed E-state index contributed by atoms with van der Waals surface area (Å²) in [6, 6.07) is 9.99. The molecule has 186 valence electrons. The first-order valence-corrected chi connectivity index (χ1v) is 10.3. The Labute approximate surface area is 203 Å². The summed E-state index contributed by atoms with van der Waals surface area (Å²) >= 11 is 0. The first-order valence-electron chi connectivity index (χ1n) is 10.3. The van der Waals surface area contributed by atoms with E-state index in [1.807, 2.05) is 6.07 Å². The van der Waals surface area contributed by atoms with E-state index in [9.17, 15) is 28.4 Å². The van der Waals surface area contributed by atoms with Crippen LogP contribution in [-0.4, -0.2) is 32.2 Å². The van der Waals surface area contributed by atoms with Gasteiger partial charge in [-0.05, 0) is 29.8 Å². The van der Waals surface area contributed by atoms with Gasteiger partial charge >= 0.3 is 18.0 Å². The lowest BCUT2D eigenvalue weighted by molar-refractivity contribution is -0.140. The fraction of sp³-hybridized carbons (Fsp3) is 0.167. The van der Waals surface area contributed by atoms with Crippen LogP contribution < -0.4 is 16.4 Å². The second kappa shape index (κ2) is 11.0. The van der Waals surface area contributed by atoms with Gasteiger partial charge < -0.3 is 30.6 Å². The number of rotatable bonds is 6. The normalized spacial score (nSPS) is 14.9. The number of nitrogens with two attached hydrogens (primary N) is 1. The summed E-state index contributed by atoms with van der Waals surface area (Å²) in [7, 11) is 2.26. The predicted molar refractivity (Wildman–Crippen MR) is 122 cm³/mol. The van der Waals surface area contributed by atoms with Crippen molar-refractivity contribution in [1.82, 2.24) is 0 Å². The maximum atomic E-state index is 13.9. The highest BCUT2D eigenvalue weighted by atomic mass is 19.1. The van der Waals surface area contributed by atoms with Gasteiger partial charge in [0, 0.05) is 5.69 Å². The SMILES string of the molecule is COC(=O)CC1=C(C(=O)OC)C(c2cccc(NC(=O)Nc3c(F)cccc3F)c2)C(C#N)=C(N)O1. The summed E-state index contributed by atoms with van der Waals surface area (Å²) in [4.78, 5) is 37.0. The van der Waals surface area contributed by atoms with Crippen molar-refractivity contribution in [3.05, 3.63) is 82.5 Å². The zero-order chi connectivity index (χ0) is 26.4. The molecule has 0 radical (unpaired) electrons. The molecule has 0 aromatic heterocycles. The van der Waals surface area contributed by atoms with Gasteiger partial charge in [-0.1, -0.05) is 18.2 Å². The molecule has 1 heterocycles. The summed E-state index contributed by atoms with van der Waals surface area (Å²) in [5, 5.41) is 14.2. The van der Waals surface area contributed by atoms with Crippen LogP contribution >= 0.6 is 0 Å². The third-order valence-corrected chi connectivity index (χ3v) is 5.11. The number of benzene rings is 2. The van der Waals surface area contributed by atoms with Crippen molar-refractivity contribution in [3.63, 3.8) is 0 Å². The molecule has 0 aliphatic carbocycles. The van der Waals surface area contributed by atoms with Crippen molar-refractivity contribution in [1.29, 1.82) is 5.26 Å². The number of nitrogens with one attached hydrogen (secondary N) is 2. The zero-order valence-electron chi connectivity index (χ0n) is 19.1. The summed E-state index contributed by atoms with van der Waals surface area (Å²) in [5.41, 5.74) is 5.42. The van der Waals surface area contributed by atoms with Crippen LogP contribution in [-0.2, 0) is 23.8 Å². The fourth-order valence-electron chi connectivity index (χ4n) is 3.51. The Bertz CT molecular complexity index is 1310. The van der Waals surface area contributed by atoms with Gasteiger partial charge in [-0.2, -0.15) is 5.26 Å². The van der Waals surface area contributed by atoms with E-state index in [1.165, 1.54) is 18.2 Å². The monoisotopic (exact) mass is 498 g/mol. The highest BCUT2D eigenvalue weighted by Gasteiger charge is 2.38. The minimum atomic E-state index is -1.12. The lowest BCUT2D eigenvalue weighted by Gasteiger charge is -2.27. The number of esters is 2. The molecule has 1 aliphatic heterocycles. The summed E-state index contributed by atoms with van der Waals surface area (Å²) < 4.78 is 42.6. The van der Waals surface area contributed by atoms with Crippen LogP contribution in [0, 0.1) is 23.0 Å². The average Bonchev–Trinajstić information content (AvgIpc) is 2.85. The second-order valence-corrected chi connectivity index (χ2v) is 7.31. The molecule has 12 heteroatoms. The smallest absolute Gasteiger partial charge is 0.338 e. The Hall–Kier alpha value is -4.92. The summed E-state index contributed by atoms with van der Waals surface area (Å²) in [6.45, 7) is 0. The molecule has 1 unspecified atom stereocenters. The molecule has 1 aliphatic rings. The molecule has 1 atom stereocenters. The zero-order valence-corrected chi connectivity index (χ0v) is 19.1. The molecule has 0 saturated carbocycles. The number of methoxy groups -OCH3 is 2. The van der Waals surface area contributed by atoms with Crippen molar-refractivity contribution < 1.29 is 37.4 Å². The van der Waals surface area contributed by atoms with Gasteiger partial charge in [0.05, 0.1) is 25.7 Å². The lowest BCUT2D eigenvalue weighted by atomic mass is 9.82. The number of hydrogen-bond acceptors (Lipinski definition) is 8. The number of allylic oxidation sites excluding steroid dienone is 1. The molecule has 2 aromatic carbocycles. The maximum absolute atomic E-state index is 13.9. The van der Waals surface area contributed by atoms with E-state index >= 15 is 0 Å². The fourth-order valence-corrected chi connectivity index (χ4v) is 3.51. The van der Waals surface area contributed by atoms with Crippen molar-refractivity contribution in [2.24, 2.45) is 5.73 Å². The van der Waals surface area contributed by atoms with Crippen LogP contribution in [0.15, 0.2) is 65.3 Å². The van der Waals surface area contributed by atoms with Crippen LogP contribution in [0.1, 0.15) is 17.9 Å². The van der Waals surface area contributed by atoms with Gasteiger partial charge in [-0.15, -0.1) is 0 Å². The van der Waals surface area contributed by atoms with E-state index in [0.29, 0.717) is 5.56 Å². The lowest BCUT2D eigenvalue weighted by Crippen LogP contribution is -2.27. The Morgan fingerprint density at radius 1 is 1.08 bits per heavy atom. The number of nitriles is 1. The van der Waals surface area contributed by atoms with E-state index < -0.39 is 47.6 Å². The quantitative estimate of drug-likeness (QED) is 0.512. The predicted octanol–water partition coefficient (Wildman–Crippen LogP) is 3.41. The van der Waals surface area contributed by atoms with Gasteiger partial charge in [0.15, 0.2) is 0 Å². The third-order valence-electron chi connectivity index (χ3n) is 5.11. The first-order chi connectivity index (χ1) is 17.2. The number of hydrogen-bond donors (Lipinski definition) is 3. The topological polar surface area (TPSA) is 153 Å². The van der Waals surface area contributed by atoms with Gasteiger partial charge in [0.1, 0.15) is 41.1 Å². The van der Waals surface area contributed by atoms with Gasteiger partial charge in [-0.25, -0.2) is 18.4 Å². The van der Waals surface area contributed by atoms with Crippen molar-refractivity contribution in [3.8, 4) is 6.07 Å². The van der Waals surface area contributed by atoms with Crippen LogP contribution in [0.5, 0.6) is 0 Å². The molecule has 0 fully saturated rings. The number of ether oxygens (including phenoxy) is 3. The molecule has 2 amide bonds. The van der Waals surface area contributed by atoms with Gasteiger partial charge in [-0.3, -0.25) is 4.79 Å². The molecule has 2 aromatic rings. The molecule has 10 nitrogen and oxygen atoms in total. The molecule has 3 rings (SSSR count). The van der Waals surface area contributed by atoms with E-state index in [-0.39, 0.29) is 28.5 Å².